The lowest BCUT2D eigenvalue weighted by Crippen LogP contribution is -2.64. The highest BCUT2D eigenvalue weighted by molar-refractivity contribution is 5.87. The van der Waals surface area contributed by atoms with Crippen LogP contribution in [-0.2, 0) is 33.2 Å². The number of ether oxygens (including phenoxy) is 9. The molecule has 3 fully saturated rings. The van der Waals surface area contributed by atoms with Crippen molar-refractivity contribution < 1.29 is 114 Å². The summed E-state index contributed by atoms with van der Waals surface area (Å²) in [5.74, 6) is -2.00. The van der Waals surface area contributed by atoms with E-state index >= 15 is 0 Å². The predicted molar refractivity (Wildman–Crippen MR) is 218 cm³/mol. The molecule has 0 amide bonds. The third-order valence-electron chi connectivity index (χ3n) is 11.3. The molecule has 4 heterocycles. The minimum Gasteiger partial charge on any atom is -0.571 e. The molecule has 4 aliphatic heterocycles. The molecule has 0 aromatic heterocycles. The maximum absolute atomic E-state index is 12.8. The molecule has 3 aromatic carbocycles. The van der Waals surface area contributed by atoms with Crippen LogP contribution in [0.4, 0.5) is 0 Å². The van der Waals surface area contributed by atoms with Gasteiger partial charge in [0.05, 0.1) is 32.0 Å². The van der Waals surface area contributed by atoms with Crippen LogP contribution in [0.3, 0.4) is 0 Å². The van der Waals surface area contributed by atoms with Crippen molar-refractivity contribution in [1.82, 2.24) is 0 Å². The lowest BCUT2D eigenvalue weighted by Gasteiger charge is -2.46. The van der Waals surface area contributed by atoms with Gasteiger partial charge in [0.25, 0.3) is 11.9 Å². The molecule has 0 bridgehead atoms. The zero-order chi connectivity index (χ0) is 47.6. The Morgan fingerprint density at radius 3 is 1.94 bits per heavy atom. The Morgan fingerprint density at radius 2 is 1.29 bits per heavy atom. The number of aromatic hydroxyl groups is 4. The van der Waals surface area contributed by atoms with Crippen LogP contribution in [-0.4, -0.2) is 196 Å². The third-order valence-corrected chi connectivity index (χ3v) is 11.3. The van der Waals surface area contributed by atoms with Crippen molar-refractivity contribution in [1.29, 1.82) is 0 Å². The van der Waals surface area contributed by atoms with Crippen molar-refractivity contribution in [2.75, 3.05) is 26.9 Å². The standard InChI is InChI=1S/C43H50O23/c1-58-25-10-18(5-8-22(25)48)39-26(13-21-23(60-39)11-20(47)12-24(21)61-41-37(56)34(53)31(50)27(14-44)63-41)62-43-40(66-42-38(57)35(54)32(51)28(15-45)64-42)36(55)33(52)29(65-43)16-59-30(49)9-4-17-2-6-19(46)7-3-17/h2-13,27-29,31-48,50-57H,14-16H2,1H3/p+1. The van der Waals surface area contributed by atoms with Gasteiger partial charge in [-0.3, -0.25) is 0 Å². The van der Waals surface area contributed by atoms with Crippen LogP contribution >= 0.6 is 0 Å². The minimum atomic E-state index is -2.03. The lowest BCUT2D eigenvalue weighted by atomic mass is 9.97. The van der Waals surface area contributed by atoms with Gasteiger partial charge in [0.15, 0.2) is 29.7 Å². The van der Waals surface area contributed by atoms with Crippen molar-refractivity contribution in [2.45, 2.75) is 98.2 Å². The van der Waals surface area contributed by atoms with Gasteiger partial charge in [0, 0.05) is 18.2 Å². The first kappa shape index (κ1) is 48.6. The van der Waals surface area contributed by atoms with Gasteiger partial charge < -0.3 is 109 Å². The maximum Gasteiger partial charge on any atom is 0.330 e. The molecule has 66 heavy (non-hydrogen) atoms. The Balaban J connectivity index is 1.26. The number of fused-ring (bicyclic) bond motifs is 1. The molecular weight excluding hydrogens is 884 g/mol. The Bertz CT molecular complexity index is 2200. The number of phenolic OH excluding ortho intramolecular Hbond substituents is 3. The van der Waals surface area contributed by atoms with Gasteiger partial charge in [0.1, 0.15) is 96.6 Å². The van der Waals surface area contributed by atoms with Crippen LogP contribution in [0, 0.1) is 0 Å². The highest BCUT2D eigenvalue weighted by atomic mass is 16.8. The van der Waals surface area contributed by atoms with E-state index in [1.54, 1.807) is 0 Å². The minimum absolute atomic E-state index is 0.000505. The fourth-order valence-electron chi connectivity index (χ4n) is 7.58. The molecule has 23 heteroatoms. The highest BCUT2D eigenvalue weighted by Gasteiger charge is 2.53. The SMILES string of the molecule is COc1cc(C2[OH+]c3cc(O)cc(OC4OC(CO)C(O)C(O)C4O)c3C=C2OC2OC(COC(=O)C=Cc3ccc(O)cc3)C(O)C(O)C2OC2OC(CO)C(O)C(O)C2O)ccc1O. The Hall–Kier alpha value is -5.35. The summed E-state index contributed by atoms with van der Waals surface area (Å²) in [6.45, 7) is -2.33. The van der Waals surface area contributed by atoms with E-state index in [1.807, 2.05) is 0 Å². The van der Waals surface area contributed by atoms with Crippen LogP contribution < -0.4 is 9.47 Å². The van der Waals surface area contributed by atoms with Crippen molar-refractivity contribution in [2.24, 2.45) is 0 Å². The number of carbonyl (C=O) groups is 1. The quantitative estimate of drug-likeness (QED) is 0.0442. The number of hydrogen-bond donors (Lipinski definition) is 13. The van der Waals surface area contributed by atoms with Crippen molar-refractivity contribution in [3.63, 3.8) is 0 Å². The summed E-state index contributed by atoms with van der Waals surface area (Å²) >= 11 is 0. The van der Waals surface area contributed by atoms with E-state index in [-0.39, 0.29) is 45.6 Å². The molecule has 3 saturated heterocycles. The third kappa shape index (κ3) is 10.3. The van der Waals surface area contributed by atoms with E-state index in [0.29, 0.717) is 5.56 Å². The lowest BCUT2D eigenvalue weighted by molar-refractivity contribution is -0.364. The van der Waals surface area contributed by atoms with Gasteiger partial charge in [-0.25, -0.2) is 4.79 Å². The van der Waals surface area contributed by atoms with Gasteiger partial charge in [-0.05, 0) is 42.0 Å². The molecule has 4 aliphatic rings. The average molecular weight is 936 g/mol. The second-order valence-electron chi connectivity index (χ2n) is 15.7. The number of aliphatic hydroxyl groups excluding tert-OH is 10. The number of methoxy groups -OCH3 is 1. The normalized spacial score (nSPS) is 34.4. The molecule has 360 valence electrons. The van der Waals surface area contributed by atoms with Gasteiger partial charge in [-0.2, -0.15) is 0 Å². The first-order valence-corrected chi connectivity index (χ1v) is 20.4. The molecule has 23 nitrogen and oxygen atoms in total. The van der Waals surface area contributed by atoms with Crippen LogP contribution in [0.5, 0.6) is 34.5 Å². The number of phenols is 3. The number of aliphatic hydroxyl groups is 11. The molecule has 0 aliphatic carbocycles. The van der Waals surface area contributed by atoms with Crippen LogP contribution in [0.25, 0.3) is 12.2 Å². The van der Waals surface area contributed by atoms with E-state index in [1.165, 1.54) is 67.8 Å². The number of benzene rings is 3. The van der Waals surface area contributed by atoms with Gasteiger partial charge in [0.2, 0.25) is 12.6 Å². The largest absolute Gasteiger partial charge is 0.571 e. The van der Waals surface area contributed by atoms with Gasteiger partial charge in [-0.1, -0.05) is 12.1 Å². The summed E-state index contributed by atoms with van der Waals surface area (Å²) in [5, 5.41) is 137. The average Bonchev–Trinajstić information content (AvgIpc) is 3.30. The molecule has 0 radical (unpaired) electrons. The molecule has 3 aromatic rings. The molecule has 7 rings (SSSR count). The van der Waals surface area contributed by atoms with E-state index in [0.717, 1.165) is 12.1 Å². The van der Waals surface area contributed by atoms with Crippen LogP contribution in [0.15, 0.2) is 66.4 Å². The molecule has 16 atom stereocenters. The molecule has 14 N–H and O–H groups in total. The number of carbonyl (C=O) groups excluding carboxylic acids is 1. The summed E-state index contributed by atoms with van der Waals surface area (Å²) in [6.07, 6.45) is -24.5. The smallest absolute Gasteiger partial charge is 0.330 e. The summed E-state index contributed by atoms with van der Waals surface area (Å²) in [4.78, 5) is 12.8. The van der Waals surface area contributed by atoms with Crippen molar-refractivity contribution >= 4 is 18.1 Å². The second kappa shape index (κ2) is 20.7. The number of rotatable bonds is 14. The Kier molecular flexibility index (Phi) is 15.2. The molecule has 16 unspecified atom stereocenters. The fourth-order valence-corrected chi connectivity index (χ4v) is 7.58. The highest BCUT2D eigenvalue weighted by Crippen LogP contribution is 2.47. The topological polar surface area (TPSA) is 367 Å². The summed E-state index contributed by atoms with van der Waals surface area (Å²) < 4.78 is 50.9. The number of hydrogen-bond acceptors (Lipinski definition) is 22. The summed E-state index contributed by atoms with van der Waals surface area (Å²) in [6, 6.07) is 12.3. The monoisotopic (exact) mass is 935 g/mol. The predicted octanol–water partition coefficient (Wildman–Crippen LogP) is -2.77. The number of esters is 1. The van der Waals surface area contributed by atoms with E-state index in [9.17, 15) is 71.2 Å². The summed E-state index contributed by atoms with van der Waals surface area (Å²) in [5.41, 5.74) is 0.826. The molecular formula is C43H51O23+. The zero-order valence-corrected chi connectivity index (χ0v) is 34.7. The van der Waals surface area contributed by atoms with Crippen molar-refractivity contribution in [3.05, 3.63) is 83.1 Å². The molecule has 0 saturated carbocycles. The van der Waals surface area contributed by atoms with Gasteiger partial charge in [-0.15, -0.1) is 0 Å². The van der Waals surface area contributed by atoms with Crippen LogP contribution in [0.1, 0.15) is 22.8 Å². The second-order valence-corrected chi connectivity index (χ2v) is 15.7. The van der Waals surface area contributed by atoms with Gasteiger partial charge >= 0.3 is 5.97 Å². The van der Waals surface area contributed by atoms with E-state index in [4.69, 9.17) is 42.6 Å². The maximum atomic E-state index is 12.8. The van der Waals surface area contributed by atoms with E-state index < -0.39 is 130 Å². The first-order valence-electron chi connectivity index (χ1n) is 20.4. The fraction of sp³-hybridized carbons (Fsp3) is 0.465. The van der Waals surface area contributed by atoms with Crippen LogP contribution in [0.2, 0.25) is 0 Å². The van der Waals surface area contributed by atoms with Crippen molar-refractivity contribution in [3.8, 4) is 34.5 Å². The first-order chi connectivity index (χ1) is 31.5. The Labute approximate surface area is 374 Å². The van der Waals surface area contributed by atoms with E-state index in [2.05, 4.69) is 0 Å². The summed E-state index contributed by atoms with van der Waals surface area (Å²) in [7, 11) is 1.29. The zero-order valence-electron chi connectivity index (χ0n) is 34.7. The Morgan fingerprint density at radius 1 is 0.667 bits per heavy atom. The molecule has 0 spiro atoms.